The Morgan fingerprint density at radius 1 is 0.809 bits per heavy atom. The van der Waals surface area contributed by atoms with Gasteiger partial charge in [0.2, 0.25) is 11.8 Å². The first-order chi connectivity index (χ1) is 22.9. The van der Waals surface area contributed by atoms with Crippen molar-refractivity contribution in [1.82, 2.24) is 15.7 Å². The lowest BCUT2D eigenvalue weighted by molar-refractivity contribution is -0.252. The van der Waals surface area contributed by atoms with Crippen molar-refractivity contribution in [3.8, 4) is 11.1 Å². The highest BCUT2D eigenvalue weighted by Gasteiger charge is 2.32. The first-order valence-electron chi connectivity index (χ1n) is 16.0. The Morgan fingerprint density at radius 2 is 1.49 bits per heavy atom. The molecule has 0 aliphatic carbocycles. The summed E-state index contributed by atoms with van der Waals surface area (Å²) in [6, 6.07) is 34.4. The molecule has 4 aromatic carbocycles. The summed E-state index contributed by atoms with van der Waals surface area (Å²) in [5, 5.41) is 21.1. The molecule has 3 unspecified atom stereocenters. The summed E-state index contributed by atoms with van der Waals surface area (Å²) >= 11 is 0. The van der Waals surface area contributed by atoms with Crippen LogP contribution in [0.3, 0.4) is 0 Å². The number of likely N-dealkylation sites (N-methyl/N-ethyl adjacent to an activating group) is 1. The second kappa shape index (κ2) is 17.0. The lowest BCUT2D eigenvalue weighted by Gasteiger charge is -2.38. The van der Waals surface area contributed by atoms with E-state index < -0.39 is 12.2 Å². The van der Waals surface area contributed by atoms with Gasteiger partial charge in [-0.1, -0.05) is 103 Å². The smallest absolute Gasteiger partial charge is 0.243 e. The fourth-order valence-electron chi connectivity index (χ4n) is 5.86. The van der Waals surface area contributed by atoms with Crippen LogP contribution in [0.15, 0.2) is 103 Å². The summed E-state index contributed by atoms with van der Waals surface area (Å²) in [6.45, 7) is 1.91. The molecule has 0 radical (unpaired) electrons. The number of nitrogens with zero attached hydrogens (tertiary/aromatic N) is 1. The number of aliphatic hydroxyl groups is 1. The van der Waals surface area contributed by atoms with E-state index >= 15 is 0 Å². The molecule has 0 saturated carbocycles. The van der Waals surface area contributed by atoms with Gasteiger partial charge < -0.3 is 19.9 Å². The Bertz CT molecular complexity index is 1580. The van der Waals surface area contributed by atoms with Crippen LogP contribution in [0.25, 0.3) is 11.1 Å². The summed E-state index contributed by atoms with van der Waals surface area (Å²) in [4.78, 5) is 25.8. The minimum atomic E-state index is -0.558. The van der Waals surface area contributed by atoms with Crippen molar-refractivity contribution in [1.29, 1.82) is 0 Å². The number of carbonyl (C=O) groups excluding carboxylic acids is 2. The number of hydrogen-bond acceptors (Lipinski definition) is 7. The van der Waals surface area contributed by atoms with Crippen LogP contribution in [0.4, 0.5) is 0 Å². The van der Waals surface area contributed by atoms with Gasteiger partial charge in [-0.15, -0.1) is 0 Å². The number of nitrogens with one attached hydrogen (secondary N) is 2. The third-order valence-corrected chi connectivity index (χ3v) is 8.35. The van der Waals surface area contributed by atoms with Crippen molar-refractivity contribution >= 4 is 11.8 Å². The standard InChI is InChI=1S/C38H43N3O6/c1-41(24-27-8-3-2-4-9-27)25-33-22-35(30-16-14-28(26-42)15-17-30)47-38(46-33)31-20-18-29(19-21-31)34-11-6-5-10-32(34)23-39-36(43)12-7-13-37(44)40-45/h2-6,8-11,14-21,33,35,38,42,45H,7,12-13,22-26H2,1H3,(H,39,43)(H,40,44). The van der Waals surface area contributed by atoms with E-state index in [-0.39, 0.29) is 37.6 Å². The molecule has 9 heteroatoms. The second-order valence-corrected chi connectivity index (χ2v) is 12.0. The Hall–Kier alpha value is -4.38. The molecule has 1 aliphatic rings. The number of aliphatic hydroxyl groups excluding tert-OH is 1. The Balaban J connectivity index is 1.28. The van der Waals surface area contributed by atoms with Gasteiger partial charge in [-0.3, -0.25) is 19.7 Å². The molecule has 2 amide bonds. The zero-order chi connectivity index (χ0) is 33.0. The van der Waals surface area contributed by atoms with Crippen LogP contribution in [0.5, 0.6) is 0 Å². The maximum atomic E-state index is 12.4. The Kier molecular flexibility index (Phi) is 12.3. The van der Waals surface area contributed by atoms with Crippen molar-refractivity contribution in [3.05, 3.63) is 131 Å². The fourth-order valence-corrected chi connectivity index (χ4v) is 5.86. The Morgan fingerprint density at radius 3 is 2.21 bits per heavy atom. The highest BCUT2D eigenvalue weighted by Crippen LogP contribution is 2.39. The molecule has 9 nitrogen and oxygen atoms in total. The lowest BCUT2D eigenvalue weighted by Crippen LogP contribution is -2.37. The predicted molar refractivity (Wildman–Crippen MR) is 179 cm³/mol. The molecule has 0 aromatic heterocycles. The van der Waals surface area contributed by atoms with E-state index in [9.17, 15) is 14.7 Å². The van der Waals surface area contributed by atoms with E-state index in [0.717, 1.165) is 46.5 Å². The molecule has 4 N–H and O–H groups in total. The van der Waals surface area contributed by atoms with Crippen molar-refractivity contribution in [2.24, 2.45) is 0 Å². The van der Waals surface area contributed by atoms with Gasteiger partial charge in [0.15, 0.2) is 6.29 Å². The Labute approximate surface area is 276 Å². The monoisotopic (exact) mass is 637 g/mol. The normalized spacial score (nSPS) is 17.7. The van der Waals surface area contributed by atoms with E-state index in [0.29, 0.717) is 19.4 Å². The maximum Gasteiger partial charge on any atom is 0.243 e. The maximum absolute atomic E-state index is 12.4. The van der Waals surface area contributed by atoms with Crippen LogP contribution in [0.1, 0.15) is 65.9 Å². The SMILES string of the molecule is CN(Cc1ccccc1)CC1CC(c2ccc(CO)cc2)OC(c2ccc(-c3ccccc3CNC(=O)CCCC(=O)NO)cc2)O1. The molecule has 5 rings (SSSR count). The molecule has 246 valence electrons. The van der Waals surface area contributed by atoms with E-state index in [1.54, 1.807) is 5.48 Å². The first kappa shape index (κ1) is 34.0. The van der Waals surface area contributed by atoms with E-state index in [1.165, 1.54) is 5.56 Å². The molecule has 1 saturated heterocycles. The molecular formula is C38H43N3O6. The minimum Gasteiger partial charge on any atom is -0.392 e. The summed E-state index contributed by atoms with van der Waals surface area (Å²) in [5.74, 6) is -0.661. The van der Waals surface area contributed by atoms with Crippen LogP contribution in [-0.4, -0.2) is 46.7 Å². The quantitative estimate of drug-likeness (QED) is 0.102. The number of hydrogen-bond donors (Lipinski definition) is 4. The van der Waals surface area contributed by atoms with Crippen LogP contribution in [0.2, 0.25) is 0 Å². The van der Waals surface area contributed by atoms with Gasteiger partial charge in [0.25, 0.3) is 0 Å². The van der Waals surface area contributed by atoms with E-state index in [4.69, 9.17) is 14.7 Å². The molecule has 1 aliphatic heterocycles. The number of rotatable bonds is 14. The summed E-state index contributed by atoms with van der Waals surface area (Å²) < 4.78 is 13.1. The van der Waals surface area contributed by atoms with Crippen LogP contribution in [0, 0.1) is 0 Å². The van der Waals surface area contributed by atoms with Crippen molar-refractivity contribution in [2.75, 3.05) is 13.6 Å². The molecule has 1 fully saturated rings. The van der Waals surface area contributed by atoms with Crippen molar-refractivity contribution in [3.63, 3.8) is 0 Å². The predicted octanol–water partition coefficient (Wildman–Crippen LogP) is 5.82. The van der Waals surface area contributed by atoms with E-state index in [2.05, 4.69) is 41.5 Å². The molecule has 1 heterocycles. The number of hydroxylamine groups is 1. The third-order valence-electron chi connectivity index (χ3n) is 8.35. The highest BCUT2D eigenvalue weighted by atomic mass is 16.7. The largest absolute Gasteiger partial charge is 0.392 e. The molecule has 0 bridgehead atoms. The number of benzene rings is 4. The van der Waals surface area contributed by atoms with Gasteiger partial charge in [-0.05, 0) is 46.8 Å². The van der Waals surface area contributed by atoms with Gasteiger partial charge in [0.05, 0.1) is 18.8 Å². The van der Waals surface area contributed by atoms with Gasteiger partial charge in [0.1, 0.15) is 0 Å². The molecule has 4 aromatic rings. The number of amides is 2. The third kappa shape index (κ3) is 9.81. The van der Waals surface area contributed by atoms with Crippen molar-refractivity contribution < 1.29 is 29.4 Å². The summed E-state index contributed by atoms with van der Waals surface area (Å²) in [5.41, 5.74) is 8.64. The number of ether oxygens (including phenoxy) is 2. The molecular weight excluding hydrogens is 594 g/mol. The van der Waals surface area contributed by atoms with Crippen LogP contribution >= 0.6 is 0 Å². The van der Waals surface area contributed by atoms with Gasteiger partial charge in [-0.2, -0.15) is 0 Å². The average Bonchev–Trinajstić information content (AvgIpc) is 3.11. The fraction of sp³-hybridized carbons (Fsp3) is 0.316. The van der Waals surface area contributed by atoms with Gasteiger partial charge in [-0.25, -0.2) is 5.48 Å². The highest BCUT2D eigenvalue weighted by molar-refractivity contribution is 5.78. The average molecular weight is 638 g/mol. The summed E-state index contributed by atoms with van der Waals surface area (Å²) in [6.07, 6.45) is 0.555. The molecule has 0 spiro atoms. The zero-order valence-corrected chi connectivity index (χ0v) is 26.7. The van der Waals surface area contributed by atoms with Gasteiger partial charge in [0, 0.05) is 44.5 Å². The lowest BCUT2D eigenvalue weighted by atomic mass is 9.97. The minimum absolute atomic E-state index is 0.00218. The van der Waals surface area contributed by atoms with Crippen molar-refractivity contribution in [2.45, 2.75) is 63.9 Å². The number of carbonyl (C=O) groups is 2. The topological polar surface area (TPSA) is 120 Å². The van der Waals surface area contributed by atoms with Crippen LogP contribution in [-0.2, 0) is 38.8 Å². The second-order valence-electron chi connectivity index (χ2n) is 12.0. The zero-order valence-electron chi connectivity index (χ0n) is 26.7. The molecule has 3 atom stereocenters. The summed E-state index contributed by atoms with van der Waals surface area (Å²) in [7, 11) is 2.11. The van der Waals surface area contributed by atoms with E-state index in [1.807, 2.05) is 78.9 Å². The van der Waals surface area contributed by atoms with Crippen LogP contribution < -0.4 is 10.8 Å². The van der Waals surface area contributed by atoms with Gasteiger partial charge >= 0.3 is 0 Å². The first-order valence-corrected chi connectivity index (χ1v) is 16.0. The molecule has 47 heavy (non-hydrogen) atoms.